The lowest BCUT2D eigenvalue weighted by Crippen LogP contribution is -2.57. The van der Waals surface area contributed by atoms with E-state index in [-0.39, 0.29) is 30.3 Å². The van der Waals surface area contributed by atoms with Gasteiger partial charge in [0.15, 0.2) is 0 Å². The average molecular weight is 486 g/mol. The van der Waals surface area contributed by atoms with Crippen LogP contribution in [0, 0.1) is 0 Å². The van der Waals surface area contributed by atoms with Crippen LogP contribution in [0.1, 0.15) is 12.8 Å². The number of phenolic OH excluding ortho intramolecular Hbond substituents is 1. The lowest BCUT2D eigenvalue weighted by molar-refractivity contribution is -0.123. The molecule has 3 heterocycles. The third-order valence-corrected chi connectivity index (χ3v) is 5.90. The van der Waals surface area contributed by atoms with Gasteiger partial charge in [-0.05, 0) is 30.5 Å². The van der Waals surface area contributed by atoms with Crippen molar-refractivity contribution < 1.29 is 29.6 Å². The van der Waals surface area contributed by atoms with Crippen LogP contribution in [-0.4, -0.2) is 92.0 Å². The van der Waals surface area contributed by atoms with Crippen LogP contribution >= 0.6 is 0 Å². The second-order valence-electron chi connectivity index (χ2n) is 7.79. The van der Waals surface area contributed by atoms with Gasteiger partial charge >= 0.3 is 0 Å². The number of H-pyrrole nitrogens is 1. The molecule has 0 radical (unpaired) electrons. The summed E-state index contributed by atoms with van der Waals surface area (Å²) in [4.78, 5) is 23.4. The summed E-state index contributed by atoms with van der Waals surface area (Å²) in [5, 5.41) is 43.1. The van der Waals surface area contributed by atoms with Crippen LogP contribution in [0.15, 0.2) is 36.8 Å². The molecule has 1 unspecified atom stereocenters. The summed E-state index contributed by atoms with van der Waals surface area (Å²) < 4.78 is 5.72. The predicted molar refractivity (Wildman–Crippen MR) is 125 cm³/mol. The van der Waals surface area contributed by atoms with E-state index < -0.39 is 0 Å². The highest BCUT2D eigenvalue weighted by atomic mass is 16.5. The average Bonchev–Trinajstić information content (AvgIpc) is 3.49. The van der Waals surface area contributed by atoms with Gasteiger partial charge in [-0.2, -0.15) is 5.10 Å². The van der Waals surface area contributed by atoms with E-state index in [1.165, 1.54) is 0 Å². The Morgan fingerprint density at radius 1 is 1.14 bits per heavy atom. The zero-order valence-electron chi connectivity index (χ0n) is 19.0. The maximum Gasteiger partial charge on any atom is 0.290 e. The molecule has 35 heavy (non-hydrogen) atoms. The molecule has 5 rings (SSSR count). The van der Waals surface area contributed by atoms with Crippen molar-refractivity contribution in [1.82, 2.24) is 30.7 Å². The molecule has 5 N–H and O–H groups in total. The number of carbonyl (C=O) groups is 2. The van der Waals surface area contributed by atoms with Gasteiger partial charge in [-0.15, -0.1) is 10.2 Å². The van der Waals surface area contributed by atoms with Gasteiger partial charge in [0.1, 0.15) is 11.4 Å². The second kappa shape index (κ2) is 11.9. The highest BCUT2D eigenvalue weighted by molar-refractivity contribution is 5.73. The molecule has 0 amide bonds. The number of anilines is 1. The van der Waals surface area contributed by atoms with E-state index in [1.54, 1.807) is 31.8 Å². The number of aromatic hydroxyl groups is 1. The lowest BCUT2D eigenvalue weighted by atomic mass is 10.0. The quantitative estimate of drug-likeness (QED) is 0.323. The van der Waals surface area contributed by atoms with Crippen molar-refractivity contribution in [2.45, 2.75) is 24.5 Å². The standard InChI is InChI=1S/C20H23N7O2.2CH2O2/c1-29-20(4-5-20)18-12-27(7-6-21-18)19-22-11-16(25-26-19)15-3-2-13(8-17(15)28)14-9-23-24-10-14;2*2-1-3/h2-3,8-11,18,21,28H,4-7,12H2,1H3,(H,23,24);2*1H,(H,2,3). The Morgan fingerprint density at radius 3 is 2.43 bits per heavy atom. The fourth-order valence-electron chi connectivity index (χ4n) is 3.98. The first-order chi connectivity index (χ1) is 17.0. The number of aromatic amines is 1. The summed E-state index contributed by atoms with van der Waals surface area (Å²) in [7, 11) is 1.78. The first-order valence-corrected chi connectivity index (χ1v) is 10.7. The van der Waals surface area contributed by atoms with Gasteiger partial charge in [-0.25, -0.2) is 4.98 Å². The van der Waals surface area contributed by atoms with Crippen LogP contribution in [0.5, 0.6) is 5.75 Å². The minimum atomic E-state index is -0.250. The van der Waals surface area contributed by atoms with Crippen molar-refractivity contribution in [3.05, 3.63) is 36.8 Å². The number of nitrogens with one attached hydrogen (secondary N) is 2. The third kappa shape index (κ3) is 6.07. The van der Waals surface area contributed by atoms with E-state index >= 15 is 0 Å². The Labute approximate surface area is 200 Å². The molecule has 1 atom stereocenters. The van der Waals surface area contributed by atoms with Crippen LogP contribution in [0.2, 0.25) is 0 Å². The first kappa shape index (κ1) is 25.5. The van der Waals surface area contributed by atoms with Crippen molar-refractivity contribution in [1.29, 1.82) is 0 Å². The number of rotatable bonds is 5. The van der Waals surface area contributed by atoms with Gasteiger partial charge in [0, 0.05) is 44.1 Å². The lowest BCUT2D eigenvalue weighted by Gasteiger charge is -2.37. The van der Waals surface area contributed by atoms with Crippen molar-refractivity contribution >= 4 is 18.9 Å². The summed E-state index contributed by atoms with van der Waals surface area (Å²) in [5.74, 6) is 0.729. The van der Waals surface area contributed by atoms with Gasteiger partial charge in [-0.1, -0.05) is 6.07 Å². The highest BCUT2D eigenvalue weighted by Gasteiger charge is 2.51. The highest BCUT2D eigenvalue weighted by Crippen LogP contribution is 2.43. The second-order valence-corrected chi connectivity index (χ2v) is 7.79. The molecule has 1 saturated heterocycles. The number of hydrogen-bond donors (Lipinski definition) is 5. The van der Waals surface area contributed by atoms with E-state index in [1.807, 2.05) is 12.1 Å². The molecule has 0 bridgehead atoms. The Morgan fingerprint density at radius 2 is 1.89 bits per heavy atom. The monoisotopic (exact) mass is 485 g/mol. The van der Waals surface area contributed by atoms with E-state index in [0.29, 0.717) is 17.2 Å². The van der Waals surface area contributed by atoms with Crippen LogP contribution in [0.4, 0.5) is 5.95 Å². The van der Waals surface area contributed by atoms with Crippen molar-refractivity contribution in [2.75, 3.05) is 31.6 Å². The maximum absolute atomic E-state index is 10.5. The Bertz CT molecular complexity index is 1080. The van der Waals surface area contributed by atoms with Crippen molar-refractivity contribution in [3.8, 4) is 28.1 Å². The number of aromatic nitrogens is 5. The normalized spacial score (nSPS) is 17.7. The molecule has 2 aliphatic rings. The zero-order valence-corrected chi connectivity index (χ0v) is 19.0. The summed E-state index contributed by atoms with van der Waals surface area (Å²) in [6.07, 6.45) is 7.32. The number of carboxylic acid groups (broad SMARTS) is 2. The molecule has 13 heteroatoms. The molecular weight excluding hydrogens is 458 g/mol. The molecule has 186 valence electrons. The number of piperazine rings is 1. The number of benzene rings is 1. The summed E-state index contributed by atoms with van der Waals surface area (Å²) in [5.41, 5.74) is 2.86. The van der Waals surface area contributed by atoms with Gasteiger partial charge in [-0.3, -0.25) is 14.7 Å². The molecule has 1 aromatic carbocycles. The number of methoxy groups -OCH3 is 1. The van der Waals surface area contributed by atoms with E-state index in [0.717, 1.165) is 43.6 Å². The van der Waals surface area contributed by atoms with Gasteiger partial charge < -0.3 is 30.3 Å². The van der Waals surface area contributed by atoms with E-state index in [2.05, 4.69) is 35.6 Å². The molecule has 1 saturated carbocycles. The van der Waals surface area contributed by atoms with Gasteiger partial charge in [0.05, 0.1) is 24.0 Å². The number of phenols is 1. The fourth-order valence-corrected chi connectivity index (χ4v) is 3.98. The molecule has 0 spiro atoms. The molecule has 2 aromatic heterocycles. The summed E-state index contributed by atoms with van der Waals surface area (Å²) in [6.45, 7) is 1.97. The Balaban J connectivity index is 0.000000520. The summed E-state index contributed by atoms with van der Waals surface area (Å²) >= 11 is 0. The molecule has 1 aliphatic carbocycles. The molecule has 13 nitrogen and oxygen atoms in total. The Hall–Kier alpha value is -4.10. The topological polar surface area (TPSA) is 187 Å². The fraction of sp³-hybridized carbons (Fsp3) is 0.364. The molecule has 1 aliphatic heterocycles. The molecule has 2 fully saturated rings. The molecular formula is C22H27N7O6. The van der Waals surface area contributed by atoms with E-state index in [9.17, 15) is 5.11 Å². The third-order valence-electron chi connectivity index (χ3n) is 5.90. The first-order valence-electron chi connectivity index (χ1n) is 10.7. The van der Waals surface area contributed by atoms with Crippen LogP contribution in [-0.2, 0) is 14.3 Å². The maximum atomic E-state index is 10.5. The van der Waals surface area contributed by atoms with Crippen molar-refractivity contribution in [2.24, 2.45) is 0 Å². The number of ether oxygens (including phenoxy) is 1. The zero-order chi connectivity index (χ0) is 25.3. The van der Waals surface area contributed by atoms with Crippen molar-refractivity contribution in [3.63, 3.8) is 0 Å². The number of nitrogens with zero attached hydrogens (tertiary/aromatic N) is 5. The van der Waals surface area contributed by atoms with Gasteiger partial charge in [0.2, 0.25) is 5.95 Å². The smallest absolute Gasteiger partial charge is 0.290 e. The number of hydrogen-bond acceptors (Lipinski definition) is 10. The minimum absolute atomic E-state index is 0.0471. The van der Waals surface area contributed by atoms with Crippen LogP contribution in [0.25, 0.3) is 22.4 Å². The molecule has 3 aromatic rings. The minimum Gasteiger partial charge on any atom is -0.507 e. The van der Waals surface area contributed by atoms with Gasteiger partial charge in [0.25, 0.3) is 12.9 Å². The largest absolute Gasteiger partial charge is 0.507 e. The van der Waals surface area contributed by atoms with Crippen LogP contribution in [0.3, 0.4) is 0 Å². The predicted octanol–water partition coefficient (Wildman–Crippen LogP) is 0.993. The van der Waals surface area contributed by atoms with Crippen LogP contribution < -0.4 is 10.2 Å². The van der Waals surface area contributed by atoms with E-state index in [4.69, 9.17) is 24.5 Å². The Kier molecular flexibility index (Phi) is 8.64. The summed E-state index contributed by atoms with van der Waals surface area (Å²) in [6, 6.07) is 5.69. The SMILES string of the molecule is COC1(C2CN(c3ncc(-c4ccc(-c5cn[nH]c5)cc4O)nn3)CCN2)CC1.O=CO.O=CO.